The van der Waals surface area contributed by atoms with Crippen molar-refractivity contribution < 1.29 is 9.59 Å². The minimum Gasteiger partial charge on any atom is -0.340 e. The summed E-state index contributed by atoms with van der Waals surface area (Å²) < 4.78 is 0. The second-order valence-electron chi connectivity index (χ2n) is 4.23. The van der Waals surface area contributed by atoms with E-state index in [0.29, 0.717) is 0 Å². The fourth-order valence-corrected chi connectivity index (χ4v) is 2.39. The maximum absolute atomic E-state index is 11.8. The van der Waals surface area contributed by atoms with E-state index in [1.807, 2.05) is 0 Å². The fourth-order valence-electron chi connectivity index (χ4n) is 2.39. The lowest BCUT2D eigenvalue weighted by atomic mass is 10.1. The number of nitrogens with zero attached hydrogens (tertiary/aromatic N) is 1. The van der Waals surface area contributed by atoms with Gasteiger partial charge in [-0.15, -0.1) is 0 Å². The second-order valence-corrected chi connectivity index (χ2v) is 4.23. The highest BCUT2D eigenvalue weighted by atomic mass is 16.2. The number of carbonyl (C=O) groups is 2. The van der Waals surface area contributed by atoms with E-state index in [0.717, 1.165) is 32.2 Å². The summed E-state index contributed by atoms with van der Waals surface area (Å²) in [5.74, 6) is 0.226. The summed E-state index contributed by atoms with van der Waals surface area (Å²) in [5, 5.41) is 2.86. The topological polar surface area (TPSA) is 49.4 Å². The molecule has 1 N–H and O–H groups in total. The fraction of sp³-hybridized carbons (Fsp3) is 0.778. The molecule has 13 heavy (non-hydrogen) atoms. The molecule has 0 radical (unpaired) electrons. The van der Waals surface area contributed by atoms with Crippen LogP contribution in [0.3, 0.4) is 0 Å². The number of piperazine rings is 1. The molecule has 70 valence electrons. The van der Waals surface area contributed by atoms with Crippen LogP contribution in [0.15, 0.2) is 0 Å². The molecule has 3 fully saturated rings. The normalized spacial score (nSPS) is 34.8. The lowest BCUT2D eigenvalue weighted by Gasteiger charge is -2.34. The Labute approximate surface area is 76.3 Å². The summed E-state index contributed by atoms with van der Waals surface area (Å²) >= 11 is 0. The van der Waals surface area contributed by atoms with Gasteiger partial charge in [0.1, 0.15) is 11.6 Å². The SMILES string of the molecule is O=C1NC2(CC2)C(=O)N2CCC[C@H]12. The van der Waals surface area contributed by atoms with Crippen LogP contribution >= 0.6 is 0 Å². The van der Waals surface area contributed by atoms with E-state index in [1.165, 1.54) is 0 Å². The van der Waals surface area contributed by atoms with Gasteiger partial charge in [0, 0.05) is 6.54 Å². The maximum atomic E-state index is 11.8. The molecule has 0 aromatic carbocycles. The van der Waals surface area contributed by atoms with E-state index < -0.39 is 5.54 Å². The molecule has 2 amide bonds. The Morgan fingerprint density at radius 2 is 2.15 bits per heavy atom. The van der Waals surface area contributed by atoms with Crippen LogP contribution in [0.2, 0.25) is 0 Å². The molecule has 3 aliphatic rings. The lowest BCUT2D eigenvalue weighted by molar-refractivity contribution is -0.148. The van der Waals surface area contributed by atoms with Gasteiger partial charge in [-0.1, -0.05) is 0 Å². The molecule has 1 saturated carbocycles. The van der Waals surface area contributed by atoms with Crippen LogP contribution in [0.4, 0.5) is 0 Å². The Hall–Kier alpha value is -1.06. The minimum atomic E-state index is -0.460. The molecule has 3 rings (SSSR count). The average Bonchev–Trinajstić information content (AvgIpc) is 2.70. The van der Waals surface area contributed by atoms with Gasteiger partial charge in [0.25, 0.3) is 0 Å². The van der Waals surface area contributed by atoms with E-state index in [9.17, 15) is 9.59 Å². The molecular weight excluding hydrogens is 168 g/mol. The van der Waals surface area contributed by atoms with Gasteiger partial charge in [-0.3, -0.25) is 9.59 Å². The standard InChI is InChI=1S/C9H12N2O2/c12-7-6-2-1-5-11(6)8(13)9(10-7)3-4-9/h6H,1-5H2,(H,10,12)/t6-/m1/s1. The van der Waals surface area contributed by atoms with Gasteiger partial charge in [0.2, 0.25) is 11.8 Å². The van der Waals surface area contributed by atoms with E-state index >= 15 is 0 Å². The first kappa shape index (κ1) is 7.35. The van der Waals surface area contributed by atoms with Crippen LogP contribution in [0.25, 0.3) is 0 Å². The summed E-state index contributed by atoms with van der Waals surface area (Å²) in [6, 6.07) is -0.154. The number of rotatable bonds is 0. The number of carbonyl (C=O) groups excluding carboxylic acids is 2. The zero-order valence-electron chi connectivity index (χ0n) is 7.38. The Bertz CT molecular complexity index is 296. The van der Waals surface area contributed by atoms with E-state index in [2.05, 4.69) is 5.32 Å². The van der Waals surface area contributed by atoms with E-state index in [-0.39, 0.29) is 17.9 Å². The summed E-state index contributed by atoms with van der Waals surface area (Å²) in [5.41, 5.74) is -0.460. The largest absolute Gasteiger partial charge is 0.340 e. The highest BCUT2D eigenvalue weighted by Crippen LogP contribution is 2.41. The zero-order valence-corrected chi connectivity index (χ0v) is 7.38. The summed E-state index contributed by atoms with van der Waals surface area (Å²) in [4.78, 5) is 25.2. The lowest BCUT2D eigenvalue weighted by Crippen LogP contribution is -2.62. The minimum absolute atomic E-state index is 0.0644. The van der Waals surface area contributed by atoms with Crippen molar-refractivity contribution in [1.82, 2.24) is 10.2 Å². The molecule has 2 saturated heterocycles. The molecule has 0 bridgehead atoms. The van der Waals surface area contributed by atoms with Crippen molar-refractivity contribution in [3.63, 3.8) is 0 Å². The molecule has 0 unspecified atom stereocenters. The van der Waals surface area contributed by atoms with Crippen LogP contribution in [-0.2, 0) is 9.59 Å². The van der Waals surface area contributed by atoms with Crippen molar-refractivity contribution in [3.8, 4) is 0 Å². The quantitative estimate of drug-likeness (QED) is 0.553. The first-order valence-electron chi connectivity index (χ1n) is 4.86. The Balaban J connectivity index is 1.96. The number of hydrogen-bond acceptors (Lipinski definition) is 2. The van der Waals surface area contributed by atoms with Crippen molar-refractivity contribution >= 4 is 11.8 Å². The second kappa shape index (κ2) is 2.05. The molecule has 1 atom stereocenters. The number of hydrogen-bond donors (Lipinski definition) is 1. The van der Waals surface area contributed by atoms with Gasteiger partial charge >= 0.3 is 0 Å². The van der Waals surface area contributed by atoms with Crippen molar-refractivity contribution in [2.45, 2.75) is 37.3 Å². The zero-order chi connectivity index (χ0) is 9.05. The van der Waals surface area contributed by atoms with Crippen molar-refractivity contribution in [3.05, 3.63) is 0 Å². The van der Waals surface area contributed by atoms with Crippen molar-refractivity contribution in [2.75, 3.05) is 6.54 Å². The van der Waals surface area contributed by atoms with Crippen LogP contribution in [0.1, 0.15) is 25.7 Å². The number of amides is 2. The van der Waals surface area contributed by atoms with Crippen LogP contribution in [-0.4, -0.2) is 34.8 Å². The highest BCUT2D eigenvalue weighted by Gasteiger charge is 2.59. The number of fused-ring (bicyclic) bond motifs is 1. The summed E-state index contributed by atoms with van der Waals surface area (Å²) in [7, 11) is 0. The monoisotopic (exact) mass is 180 g/mol. The third-order valence-electron chi connectivity index (χ3n) is 3.34. The molecule has 4 nitrogen and oxygen atoms in total. The van der Waals surface area contributed by atoms with Gasteiger partial charge in [-0.05, 0) is 25.7 Å². The van der Waals surface area contributed by atoms with Gasteiger partial charge in [0.05, 0.1) is 0 Å². The Morgan fingerprint density at radius 3 is 2.85 bits per heavy atom. The number of nitrogens with one attached hydrogen (secondary N) is 1. The molecule has 1 aliphatic carbocycles. The van der Waals surface area contributed by atoms with Crippen molar-refractivity contribution in [2.24, 2.45) is 0 Å². The molecule has 0 aromatic rings. The Kier molecular flexibility index (Phi) is 1.16. The third kappa shape index (κ3) is 0.806. The van der Waals surface area contributed by atoms with Gasteiger partial charge in [-0.25, -0.2) is 0 Å². The molecule has 2 aliphatic heterocycles. The van der Waals surface area contributed by atoms with Gasteiger partial charge in [-0.2, -0.15) is 0 Å². The highest BCUT2D eigenvalue weighted by molar-refractivity contribution is 6.02. The van der Waals surface area contributed by atoms with Gasteiger partial charge in [0.15, 0.2) is 0 Å². The van der Waals surface area contributed by atoms with Crippen LogP contribution in [0.5, 0.6) is 0 Å². The van der Waals surface area contributed by atoms with Crippen LogP contribution in [0, 0.1) is 0 Å². The van der Waals surface area contributed by atoms with Gasteiger partial charge < -0.3 is 10.2 Å². The third-order valence-corrected chi connectivity index (χ3v) is 3.34. The van der Waals surface area contributed by atoms with Crippen LogP contribution < -0.4 is 5.32 Å². The molecule has 4 heteroatoms. The first-order chi connectivity index (χ1) is 6.23. The summed E-state index contributed by atoms with van der Waals surface area (Å²) in [6.07, 6.45) is 3.48. The molecule has 2 heterocycles. The molecule has 0 aromatic heterocycles. The van der Waals surface area contributed by atoms with Crippen molar-refractivity contribution in [1.29, 1.82) is 0 Å². The summed E-state index contributed by atoms with van der Waals surface area (Å²) in [6.45, 7) is 0.776. The average molecular weight is 180 g/mol. The smallest absolute Gasteiger partial charge is 0.249 e. The maximum Gasteiger partial charge on any atom is 0.249 e. The molecule has 1 spiro atoms. The Morgan fingerprint density at radius 1 is 1.38 bits per heavy atom. The predicted molar refractivity (Wildman–Crippen MR) is 44.8 cm³/mol. The molecular formula is C9H12N2O2. The van der Waals surface area contributed by atoms with E-state index in [1.54, 1.807) is 4.90 Å². The first-order valence-corrected chi connectivity index (χ1v) is 4.86. The predicted octanol–water partition coefficient (Wildman–Crippen LogP) is -0.360. The van der Waals surface area contributed by atoms with E-state index in [4.69, 9.17) is 0 Å².